The third-order valence-corrected chi connectivity index (χ3v) is 3.80. The van der Waals surface area contributed by atoms with Crippen LogP contribution in [0.3, 0.4) is 0 Å². The number of amides is 3. The summed E-state index contributed by atoms with van der Waals surface area (Å²) in [5.74, 6) is -0.0782. The number of fused-ring (bicyclic) bond motifs is 1. The molecule has 2 aromatic carbocycles. The molecule has 0 spiro atoms. The van der Waals surface area contributed by atoms with Crippen LogP contribution in [0.5, 0.6) is 0 Å². The highest BCUT2D eigenvalue weighted by molar-refractivity contribution is 6.08. The lowest BCUT2D eigenvalue weighted by molar-refractivity contribution is 0.0981. The van der Waals surface area contributed by atoms with E-state index in [0.717, 1.165) is 12.1 Å². The Bertz CT molecular complexity index is 742. The quantitative estimate of drug-likeness (QED) is 0.894. The molecule has 1 atom stereocenters. The zero-order valence-corrected chi connectivity index (χ0v) is 12.2. The van der Waals surface area contributed by atoms with Crippen molar-refractivity contribution >= 4 is 23.3 Å². The third kappa shape index (κ3) is 2.53. The monoisotopic (exact) mass is 295 g/mol. The van der Waals surface area contributed by atoms with Gasteiger partial charge in [0.25, 0.3) is 5.91 Å². The maximum absolute atomic E-state index is 12.8. The van der Waals surface area contributed by atoms with Crippen molar-refractivity contribution in [2.45, 2.75) is 19.4 Å². The lowest BCUT2D eigenvalue weighted by Crippen LogP contribution is -2.35. The third-order valence-electron chi connectivity index (χ3n) is 3.80. The molecule has 0 unspecified atom stereocenters. The van der Waals surface area contributed by atoms with Gasteiger partial charge in [0.2, 0.25) is 0 Å². The minimum Gasteiger partial charge on any atom is -0.351 e. The van der Waals surface area contributed by atoms with Crippen molar-refractivity contribution in [3.8, 4) is 0 Å². The lowest BCUT2D eigenvalue weighted by Gasteiger charge is -2.23. The second-order valence-corrected chi connectivity index (χ2v) is 5.43. The van der Waals surface area contributed by atoms with Crippen LogP contribution in [-0.4, -0.2) is 18.0 Å². The average molecular weight is 295 g/mol. The van der Waals surface area contributed by atoms with Crippen molar-refractivity contribution in [2.24, 2.45) is 5.73 Å². The van der Waals surface area contributed by atoms with Gasteiger partial charge in [-0.2, -0.15) is 0 Å². The first-order chi connectivity index (χ1) is 10.6. The Kier molecular flexibility index (Phi) is 3.55. The molecule has 1 heterocycles. The van der Waals surface area contributed by atoms with Crippen molar-refractivity contribution in [3.63, 3.8) is 0 Å². The van der Waals surface area contributed by atoms with Crippen molar-refractivity contribution < 1.29 is 9.59 Å². The van der Waals surface area contributed by atoms with Gasteiger partial charge in [-0.05, 0) is 43.2 Å². The van der Waals surface area contributed by atoms with Crippen molar-refractivity contribution in [1.82, 2.24) is 0 Å². The summed E-state index contributed by atoms with van der Waals surface area (Å²) in [5.41, 5.74) is 8.28. The molecule has 0 bridgehead atoms. The molecular weight excluding hydrogens is 278 g/mol. The molecule has 5 nitrogen and oxygen atoms in total. The maximum atomic E-state index is 12.8. The first kappa shape index (κ1) is 14.1. The van der Waals surface area contributed by atoms with Crippen molar-refractivity contribution in [1.29, 1.82) is 0 Å². The summed E-state index contributed by atoms with van der Waals surface area (Å²) in [7, 11) is 0. The number of hydrogen-bond acceptors (Lipinski definition) is 2. The highest BCUT2D eigenvalue weighted by atomic mass is 16.2. The van der Waals surface area contributed by atoms with E-state index < -0.39 is 6.03 Å². The van der Waals surface area contributed by atoms with Crippen LogP contribution in [0, 0.1) is 0 Å². The fourth-order valence-electron chi connectivity index (χ4n) is 2.89. The number of primary amides is 1. The standard InChI is InChI=1S/C17H17N3O2/c1-11-9-12-5-2-3-8-15(12)20(11)16(21)13-6-4-7-14(10-13)19-17(18)22/h2-8,10-11H,9H2,1H3,(H3,18,19,22)/t11-/m1/s1. The summed E-state index contributed by atoms with van der Waals surface area (Å²) in [6.45, 7) is 2.03. The highest BCUT2D eigenvalue weighted by Gasteiger charge is 2.31. The van der Waals surface area contributed by atoms with Crippen molar-refractivity contribution in [3.05, 3.63) is 59.7 Å². The SMILES string of the molecule is C[C@@H]1Cc2ccccc2N1C(=O)c1cccc(NC(N)=O)c1. The van der Waals surface area contributed by atoms with E-state index in [1.54, 1.807) is 29.2 Å². The van der Waals surface area contributed by atoms with E-state index in [9.17, 15) is 9.59 Å². The molecular formula is C17H17N3O2. The van der Waals surface area contributed by atoms with Gasteiger partial charge in [-0.25, -0.2) is 4.79 Å². The Hall–Kier alpha value is -2.82. The number of benzene rings is 2. The van der Waals surface area contributed by atoms with E-state index in [1.807, 2.05) is 31.2 Å². The van der Waals surface area contributed by atoms with Crippen LogP contribution >= 0.6 is 0 Å². The number of rotatable bonds is 2. The fraction of sp³-hybridized carbons (Fsp3) is 0.176. The van der Waals surface area contributed by atoms with E-state index in [2.05, 4.69) is 5.32 Å². The summed E-state index contributed by atoms with van der Waals surface area (Å²) in [5, 5.41) is 2.49. The van der Waals surface area contributed by atoms with E-state index in [-0.39, 0.29) is 11.9 Å². The van der Waals surface area contributed by atoms with Crippen LogP contribution in [0.25, 0.3) is 0 Å². The average Bonchev–Trinajstić information content (AvgIpc) is 2.82. The molecule has 0 aliphatic carbocycles. The Labute approximate surface area is 128 Å². The molecule has 1 aliphatic rings. The summed E-state index contributed by atoms with van der Waals surface area (Å²) >= 11 is 0. The Morgan fingerprint density at radius 2 is 1.95 bits per heavy atom. The molecule has 0 saturated carbocycles. The normalized spacial score (nSPS) is 16.2. The molecule has 3 rings (SSSR count). The molecule has 0 aromatic heterocycles. The van der Waals surface area contributed by atoms with Gasteiger partial charge in [0.05, 0.1) is 0 Å². The Morgan fingerprint density at radius 3 is 2.73 bits per heavy atom. The largest absolute Gasteiger partial charge is 0.351 e. The summed E-state index contributed by atoms with van der Waals surface area (Å²) in [4.78, 5) is 25.6. The van der Waals surface area contributed by atoms with Gasteiger partial charge in [0, 0.05) is 23.0 Å². The number of nitrogens with two attached hydrogens (primary N) is 1. The number of anilines is 2. The van der Waals surface area contributed by atoms with Crippen LogP contribution in [-0.2, 0) is 6.42 Å². The molecule has 22 heavy (non-hydrogen) atoms. The van der Waals surface area contributed by atoms with Crippen LogP contribution in [0.4, 0.5) is 16.2 Å². The number of para-hydroxylation sites is 1. The van der Waals surface area contributed by atoms with Gasteiger partial charge in [-0.15, -0.1) is 0 Å². The molecule has 0 radical (unpaired) electrons. The highest BCUT2D eigenvalue weighted by Crippen LogP contribution is 2.33. The minimum absolute atomic E-state index is 0.0782. The molecule has 3 N–H and O–H groups in total. The number of hydrogen-bond donors (Lipinski definition) is 2. The summed E-state index contributed by atoms with van der Waals surface area (Å²) in [6, 6.07) is 14.2. The van der Waals surface area contributed by atoms with Gasteiger partial charge in [-0.1, -0.05) is 24.3 Å². The number of nitrogens with zero attached hydrogens (tertiary/aromatic N) is 1. The first-order valence-corrected chi connectivity index (χ1v) is 7.14. The molecule has 0 fully saturated rings. The molecule has 0 saturated heterocycles. The zero-order chi connectivity index (χ0) is 15.7. The molecule has 2 aromatic rings. The zero-order valence-electron chi connectivity index (χ0n) is 12.2. The lowest BCUT2D eigenvalue weighted by atomic mass is 10.1. The number of nitrogens with one attached hydrogen (secondary N) is 1. The predicted octanol–water partition coefficient (Wildman–Crippen LogP) is 2.77. The Balaban J connectivity index is 1.93. The number of carbonyl (C=O) groups excluding carboxylic acids is 2. The predicted molar refractivity (Wildman–Crippen MR) is 86.1 cm³/mol. The van der Waals surface area contributed by atoms with E-state index in [1.165, 1.54) is 5.56 Å². The summed E-state index contributed by atoms with van der Waals surface area (Å²) < 4.78 is 0. The first-order valence-electron chi connectivity index (χ1n) is 7.14. The number of carbonyl (C=O) groups is 2. The van der Waals surface area contributed by atoms with Gasteiger partial charge >= 0.3 is 6.03 Å². The smallest absolute Gasteiger partial charge is 0.316 e. The Morgan fingerprint density at radius 1 is 1.18 bits per heavy atom. The van der Waals surface area contributed by atoms with E-state index in [4.69, 9.17) is 5.73 Å². The summed E-state index contributed by atoms with van der Waals surface area (Å²) in [6.07, 6.45) is 0.848. The van der Waals surface area contributed by atoms with Gasteiger partial charge in [0.1, 0.15) is 0 Å². The van der Waals surface area contributed by atoms with E-state index >= 15 is 0 Å². The number of urea groups is 1. The topological polar surface area (TPSA) is 75.4 Å². The second kappa shape index (κ2) is 5.52. The van der Waals surface area contributed by atoms with Crippen LogP contribution in [0.2, 0.25) is 0 Å². The van der Waals surface area contributed by atoms with Crippen LogP contribution in [0.15, 0.2) is 48.5 Å². The molecule has 1 aliphatic heterocycles. The van der Waals surface area contributed by atoms with Crippen molar-refractivity contribution in [2.75, 3.05) is 10.2 Å². The van der Waals surface area contributed by atoms with Crippen LogP contribution in [0.1, 0.15) is 22.8 Å². The molecule has 112 valence electrons. The van der Waals surface area contributed by atoms with Gasteiger partial charge in [0.15, 0.2) is 0 Å². The van der Waals surface area contributed by atoms with Crippen LogP contribution < -0.4 is 16.0 Å². The fourth-order valence-corrected chi connectivity index (χ4v) is 2.89. The van der Waals surface area contributed by atoms with Gasteiger partial charge in [-0.3, -0.25) is 4.79 Å². The van der Waals surface area contributed by atoms with E-state index in [0.29, 0.717) is 11.3 Å². The van der Waals surface area contributed by atoms with Gasteiger partial charge < -0.3 is 16.0 Å². The molecule has 5 heteroatoms. The molecule has 3 amide bonds. The second-order valence-electron chi connectivity index (χ2n) is 5.43. The minimum atomic E-state index is -0.649. The maximum Gasteiger partial charge on any atom is 0.316 e.